The summed E-state index contributed by atoms with van der Waals surface area (Å²) in [4.78, 5) is 2.14. The number of ether oxygens (including phenoxy) is 1. The van der Waals surface area contributed by atoms with E-state index < -0.39 is 6.10 Å². The fourth-order valence-electron chi connectivity index (χ4n) is 1.77. The van der Waals surface area contributed by atoms with E-state index in [1.54, 1.807) is 0 Å². The van der Waals surface area contributed by atoms with E-state index in [4.69, 9.17) is 4.74 Å². The van der Waals surface area contributed by atoms with Gasteiger partial charge in [0.2, 0.25) is 0 Å². The number of hydrogen-bond donors (Lipinski definition) is 1. The highest BCUT2D eigenvalue weighted by molar-refractivity contribution is 5.14. The van der Waals surface area contributed by atoms with Crippen LogP contribution < -0.4 is 0 Å². The maximum Gasteiger partial charge on any atom is 0.0900 e. The molecule has 1 rings (SSSR count). The summed E-state index contributed by atoms with van der Waals surface area (Å²) in [5.41, 5.74) is 1.33. The van der Waals surface area contributed by atoms with Crippen molar-refractivity contribution in [2.75, 3.05) is 26.7 Å². The van der Waals surface area contributed by atoms with E-state index in [0.29, 0.717) is 13.2 Å². The SMILES string of the molecule is CC(C)OCC(O)CN(C)CCc1ccccc1. The molecule has 1 N–H and O–H groups in total. The summed E-state index contributed by atoms with van der Waals surface area (Å²) in [5.74, 6) is 0. The summed E-state index contributed by atoms with van der Waals surface area (Å²) < 4.78 is 5.39. The van der Waals surface area contributed by atoms with Gasteiger partial charge in [-0.3, -0.25) is 0 Å². The molecule has 0 fully saturated rings. The Morgan fingerprint density at radius 3 is 2.50 bits per heavy atom. The first-order valence-corrected chi connectivity index (χ1v) is 6.60. The molecule has 1 unspecified atom stereocenters. The van der Waals surface area contributed by atoms with Gasteiger partial charge in [-0.2, -0.15) is 0 Å². The maximum absolute atomic E-state index is 9.80. The van der Waals surface area contributed by atoms with Crippen LogP contribution in [-0.4, -0.2) is 49.0 Å². The van der Waals surface area contributed by atoms with E-state index in [1.807, 2.05) is 27.0 Å². The average Bonchev–Trinajstić information content (AvgIpc) is 2.35. The lowest BCUT2D eigenvalue weighted by Gasteiger charge is -2.21. The van der Waals surface area contributed by atoms with Crippen molar-refractivity contribution in [3.8, 4) is 0 Å². The van der Waals surface area contributed by atoms with Crippen molar-refractivity contribution in [1.82, 2.24) is 4.90 Å². The quantitative estimate of drug-likeness (QED) is 0.766. The molecule has 1 atom stereocenters. The second-order valence-corrected chi connectivity index (χ2v) is 5.03. The first-order valence-electron chi connectivity index (χ1n) is 6.60. The molecule has 3 heteroatoms. The molecule has 0 aliphatic carbocycles. The van der Waals surface area contributed by atoms with Crippen LogP contribution in [0.3, 0.4) is 0 Å². The molecular weight excluding hydrogens is 226 g/mol. The predicted molar refractivity (Wildman–Crippen MR) is 74.7 cm³/mol. The Balaban J connectivity index is 2.19. The molecule has 1 aromatic carbocycles. The van der Waals surface area contributed by atoms with Crippen LogP contribution in [0.15, 0.2) is 30.3 Å². The summed E-state index contributed by atoms with van der Waals surface area (Å²) in [7, 11) is 2.03. The highest BCUT2D eigenvalue weighted by Crippen LogP contribution is 2.01. The fraction of sp³-hybridized carbons (Fsp3) is 0.600. The van der Waals surface area contributed by atoms with Gasteiger partial charge in [0.1, 0.15) is 0 Å². The number of likely N-dealkylation sites (N-methyl/N-ethyl adjacent to an activating group) is 1. The van der Waals surface area contributed by atoms with Crippen molar-refractivity contribution in [2.45, 2.75) is 32.5 Å². The first-order chi connectivity index (χ1) is 8.58. The van der Waals surface area contributed by atoms with Crippen molar-refractivity contribution >= 4 is 0 Å². The van der Waals surface area contributed by atoms with E-state index >= 15 is 0 Å². The van der Waals surface area contributed by atoms with E-state index in [0.717, 1.165) is 13.0 Å². The molecule has 0 aliphatic rings. The molecule has 102 valence electrons. The molecule has 0 saturated heterocycles. The van der Waals surface area contributed by atoms with Gasteiger partial charge in [-0.1, -0.05) is 30.3 Å². The van der Waals surface area contributed by atoms with Crippen LogP contribution in [-0.2, 0) is 11.2 Å². The summed E-state index contributed by atoms with van der Waals surface area (Å²) in [6.07, 6.45) is 0.775. The van der Waals surface area contributed by atoms with Crippen LogP contribution in [0.4, 0.5) is 0 Å². The van der Waals surface area contributed by atoms with Crippen molar-refractivity contribution in [3.63, 3.8) is 0 Å². The van der Waals surface area contributed by atoms with Gasteiger partial charge >= 0.3 is 0 Å². The van der Waals surface area contributed by atoms with Gasteiger partial charge < -0.3 is 14.7 Å². The average molecular weight is 251 g/mol. The molecule has 18 heavy (non-hydrogen) atoms. The lowest BCUT2D eigenvalue weighted by atomic mass is 10.1. The molecule has 3 nitrogen and oxygen atoms in total. The van der Waals surface area contributed by atoms with Crippen molar-refractivity contribution in [3.05, 3.63) is 35.9 Å². The van der Waals surface area contributed by atoms with Crippen LogP contribution in [0.25, 0.3) is 0 Å². The summed E-state index contributed by atoms with van der Waals surface area (Å²) >= 11 is 0. The van der Waals surface area contributed by atoms with E-state index in [1.165, 1.54) is 5.56 Å². The van der Waals surface area contributed by atoms with Gasteiger partial charge in [-0.05, 0) is 32.9 Å². The molecule has 0 spiro atoms. The smallest absolute Gasteiger partial charge is 0.0900 e. The van der Waals surface area contributed by atoms with Gasteiger partial charge in [-0.25, -0.2) is 0 Å². The lowest BCUT2D eigenvalue weighted by Crippen LogP contribution is -2.34. The molecule has 1 aromatic rings. The van der Waals surface area contributed by atoms with Crippen molar-refractivity contribution in [2.24, 2.45) is 0 Å². The Bertz CT molecular complexity index is 314. The fourth-order valence-corrected chi connectivity index (χ4v) is 1.77. The third kappa shape index (κ3) is 6.74. The number of rotatable bonds is 8. The lowest BCUT2D eigenvalue weighted by molar-refractivity contribution is -0.00541. The van der Waals surface area contributed by atoms with Gasteiger partial charge in [0.15, 0.2) is 0 Å². The minimum atomic E-state index is -0.409. The Labute approximate surface area is 110 Å². The number of hydrogen-bond acceptors (Lipinski definition) is 3. The Hall–Kier alpha value is -0.900. The van der Waals surface area contributed by atoms with Gasteiger partial charge in [0, 0.05) is 13.1 Å². The monoisotopic (exact) mass is 251 g/mol. The molecule has 0 heterocycles. The highest BCUT2D eigenvalue weighted by atomic mass is 16.5. The largest absolute Gasteiger partial charge is 0.389 e. The molecule has 0 saturated carbocycles. The summed E-state index contributed by atoms with van der Waals surface area (Å²) in [5, 5.41) is 9.80. The zero-order valence-electron chi connectivity index (χ0n) is 11.7. The van der Waals surface area contributed by atoms with Crippen molar-refractivity contribution < 1.29 is 9.84 Å². The van der Waals surface area contributed by atoms with Crippen LogP contribution in [0.5, 0.6) is 0 Å². The zero-order chi connectivity index (χ0) is 13.4. The number of benzene rings is 1. The van der Waals surface area contributed by atoms with Gasteiger partial charge in [-0.15, -0.1) is 0 Å². The minimum absolute atomic E-state index is 0.175. The second kappa shape index (κ2) is 8.25. The molecule has 0 bridgehead atoms. The number of aliphatic hydroxyl groups is 1. The highest BCUT2D eigenvalue weighted by Gasteiger charge is 2.09. The normalized spacial score (nSPS) is 13.2. The molecule has 0 amide bonds. The minimum Gasteiger partial charge on any atom is -0.389 e. The Kier molecular flexibility index (Phi) is 6.94. The first kappa shape index (κ1) is 15.2. The third-order valence-electron chi connectivity index (χ3n) is 2.77. The molecule has 0 aliphatic heterocycles. The van der Waals surface area contributed by atoms with E-state index in [9.17, 15) is 5.11 Å². The predicted octanol–water partition coefficient (Wildman–Crippen LogP) is 1.95. The Morgan fingerprint density at radius 2 is 1.89 bits per heavy atom. The Morgan fingerprint density at radius 1 is 1.22 bits per heavy atom. The maximum atomic E-state index is 9.80. The van der Waals surface area contributed by atoms with Crippen LogP contribution in [0.2, 0.25) is 0 Å². The molecular formula is C15H25NO2. The second-order valence-electron chi connectivity index (χ2n) is 5.03. The van der Waals surface area contributed by atoms with Gasteiger partial charge in [0.25, 0.3) is 0 Å². The number of aliphatic hydroxyl groups excluding tert-OH is 1. The molecule has 0 radical (unpaired) electrons. The third-order valence-corrected chi connectivity index (χ3v) is 2.77. The zero-order valence-corrected chi connectivity index (χ0v) is 11.7. The summed E-state index contributed by atoms with van der Waals surface area (Å²) in [6, 6.07) is 10.4. The van der Waals surface area contributed by atoms with Crippen molar-refractivity contribution in [1.29, 1.82) is 0 Å². The van der Waals surface area contributed by atoms with Gasteiger partial charge in [0.05, 0.1) is 18.8 Å². The van der Waals surface area contributed by atoms with Crippen LogP contribution in [0, 0.1) is 0 Å². The molecule has 0 aromatic heterocycles. The number of nitrogens with zero attached hydrogens (tertiary/aromatic N) is 1. The van der Waals surface area contributed by atoms with E-state index in [-0.39, 0.29) is 6.10 Å². The summed E-state index contributed by atoms with van der Waals surface area (Å²) in [6.45, 7) is 5.97. The topological polar surface area (TPSA) is 32.7 Å². The standard InChI is InChI=1S/C15H25NO2/c1-13(2)18-12-15(17)11-16(3)10-9-14-7-5-4-6-8-14/h4-8,13,15,17H,9-12H2,1-3H3. The van der Waals surface area contributed by atoms with Crippen LogP contribution >= 0.6 is 0 Å². The van der Waals surface area contributed by atoms with Crippen LogP contribution in [0.1, 0.15) is 19.4 Å². The van der Waals surface area contributed by atoms with E-state index in [2.05, 4.69) is 29.2 Å².